The monoisotopic (exact) mass is 360 g/mol. The van der Waals surface area contributed by atoms with Crippen molar-refractivity contribution in [2.24, 2.45) is 0 Å². The van der Waals surface area contributed by atoms with E-state index in [4.69, 9.17) is 9.47 Å². The van der Waals surface area contributed by atoms with E-state index in [1.807, 2.05) is 0 Å². The molecule has 0 saturated heterocycles. The van der Waals surface area contributed by atoms with Crippen LogP contribution >= 0.6 is 11.3 Å². The Morgan fingerprint density at radius 2 is 2.28 bits per heavy atom. The molecule has 3 aromatic rings. The van der Waals surface area contributed by atoms with Gasteiger partial charge in [-0.25, -0.2) is 9.37 Å². The van der Waals surface area contributed by atoms with Gasteiger partial charge in [0.25, 0.3) is 5.91 Å². The predicted molar refractivity (Wildman–Crippen MR) is 90.1 cm³/mol. The zero-order valence-electron chi connectivity index (χ0n) is 13.2. The van der Waals surface area contributed by atoms with E-state index in [1.165, 1.54) is 28.3 Å². The zero-order chi connectivity index (χ0) is 17.4. The van der Waals surface area contributed by atoms with E-state index in [2.05, 4.69) is 15.4 Å². The first-order valence-corrected chi connectivity index (χ1v) is 8.31. The second kappa shape index (κ2) is 6.17. The van der Waals surface area contributed by atoms with E-state index < -0.39 is 11.7 Å². The summed E-state index contributed by atoms with van der Waals surface area (Å²) in [4.78, 5) is 16.6. The standard InChI is InChI=1S/C16H13FN4O3S/c1-9-7-13(18-15(22)11-8-23-5-6-24-11)21(20-9)16-19-14-10(17)3-2-4-12(14)25-16/h2-4,7-8H,5-6H2,1H3,(H,18,22). The number of hydrogen-bond acceptors (Lipinski definition) is 6. The van der Waals surface area contributed by atoms with Crippen molar-refractivity contribution < 1.29 is 18.7 Å². The van der Waals surface area contributed by atoms with Gasteiger partial charge in [-0.05, 0) is 19.1 Å². The van der Waals surface area contributed by atoms with Crippen LogP contribution in [0.25, 0.3) is 15.3 Å². The van der Waals surface area contributed by atoms with Gasteiger partial charge in [-0.2, -0.15) is 9.78 Å². The molecule has 1 aromatic carbocycles. The quantitative estimate of drug-likeness (QED) is 0.777. The molecule has 7 nitrogen and oxygen atoms in total. The van der Waals surface area contributed by atoms with E-state index in [0.29, 0.717) is 34.6 Å². The summed E-state index contributed by atoms with van der Waals surface area (Å²) >= 11 is 1.28. The molecule has 0 aliphatic carbocycles. The van der Waals surface area contributed by atoms with Crippen LogP contribution in [0.3, 0.4) is 0 Å². The summed E-state index contributed by atoms with van der Waals surface area (Å²) in [5.74, 6) is -0.343. The van der Waals surface area contributed by atoms with Crippen LogP contribution in [-0.2, 0) is 14.3 Å². The second-order valence-corrected chi connectivity index (χ2v) is 6.33. The van der Waals surface area contributed by atoms with Crippen molar-refractivity contribution in [1.29, 1.82) is 0 Å². The number of aromatic nitrogens is 3. The number of benzene rings is 1. The first-order chi connectivity index (χ1) is 12.1. The maximum absolute atomic E-state index is 13.9. The molecule has 0 saturated carbocycles. The molecule has 1 aliphatic rings. The highest BCUT2D eigenvalue weighted by Crippen LogP contribution is 2.28. The van der Waals surface area contributed by atoms with Crippen LogP contribution < -0.4 is 5.32 Å². The third kappa shape index (κ3) is 2.93. The van der Waals surface area contributed by atoms with Crippen molar-refractivity contribution in [1.82, 2.24) is 14.8 Å². The molecule has 1 aliphatic heterocycles. The van der Waals surface area contributed by atoms with Crippen molar-refractivity contribution >= 4 is 33.3 Å². The molecule has 1 amide bonds. The van der Waals surface area contributed by atoms with Crippen molar-refractivity contribution in [3.8, 4) is 5.13 Å². The van der Waals surface area contributed by atoms with E-state index in [-0.39, 0.29) is 11.3 Å². The number of nitrogens with one attached hydrogen (secondary N) is 1. The molecule has 2 aromatic heterocycles. The van der Waals surface area contributed by atoms with Gasteiger partial charge in [0.2, 0.25) is 10.9 Å². The largest absolute Gasteiger partial charge is 0.494 e. The molecule has 4 rings (SSSR count). The average molecular weight is 360 g/mol. The van der Waals surface area contributed by atoms with Crippen molar-refractivity contribution in [2.45, 2.75) is 6.92 Å². The van der Waals surface area contributed by atoms with Crippen LogP contribution in [0.5, 0.6) is 0 Å². The van der Waals surface area contributed by atoms with Crippen LogP contribution in [0, 0.1) is 12.7 Å². The Labute approximate surface area is 145 Å². The summed E-state index contributed by atoms with van der Waals surface area (Å²) in [6.45, 7) is 2.51. The third-order valence-corrected chi connectivity index (χ3v) is 4.48. The normalized spacial score (nSPS) is 13.9. The number of fused-ring (bicyclic) bond motifs is 1. The summed E-state index contributed by atoms with van der Waals surface area (Å²) < 4.78 is 26.4. The van der Waals surface area contributed by atoms with Gasteiger partial charge >= 0.3 is 0 Å². The van der Waals surface area contributed by atoms with Gasteiger partial charge in [0.15, 0.2) is 0 Å². The molecule has 0 bridgehead atoms. The van der Waals surface area contributed by atoms with E-state index in [1.54, 1.807) is 25.1 Å². The summed E-state index contributed by atoms with van der Waals surface area (Å²) in [5.41, 5.74) is 0.962. The van der Waals surface area contributed by atoms with Crippen LogP contribution in [-0.4, -0.2) is 33.9 Å². The average Bonchev–Trinajstić information content (AvgIpc) is 3.20. The molecular formula is C16H13FN4O3S. The maximum atomic E-state index is 13.9. The van der Waals surface area contributed by atoms with Crippen molar-refractivity contribution in [3.05, 3.63) is 47.8 Å². The highest BCUT2D eigenvalue weighted by atomic mass is 32.1. The van der Waals surface area contributed by atoms with Gasteiger partial charge in [0.05, 0.1) is 10.4 Å². The number of carbonyl (C=O) groups is 1. The number of ether oxygens (including phenoxy) is 2. The van der Waals surface area contributed by atoms with Gasteiger partial charge in [0, 0.05) is 6.07 Å². The summed E-state index contributed by atoms with van der Waals surface area (Å²) in [6.07, 6.45) is 1.28. The Balaban J connectivity index is 1.69. The fourth-order valence-electron chi connectivity index (χ4n) is 2.39. The zero-order valence-corrected chi connectivity index (χ0v) is 14.0. The van der Waals surface area contributed by atoms with Crippen LogP contribution in [0.2, 0.25) is 0 Å². The molecule has 0 spiro atoms. The van der Waals surface area contributed by atoms with Gasteiger partial charge in [-0.1, -0.05) is 17.4 Å². The lowest BCUT2D eigenvalue weighted by Gasteiger charge is -2.15. The van der Waals surface area contributed by atoms with Gasteiger partial charge < -0.3 is 14.8 Å². The topological polar surface area (TPSA) is 78.3 Å². The number of para-hydroxylation sites is 1. The highest BCUT2D eigenvalue weighted by molar-refractivity contribution is 7.20. The molecule has 0 radical (unpaired) electrons. The number of nitrogens with zero attached hydrogens (tertiary/aromatic N) is 3. The minimum absolute atomic E-state index is 0.0898. The molecule has 9 heteroatoms. The molecule has 1 N–H and O–H groups in total. The van der Waals surface area contributed by atoms with Gasteiger partial charge in [-0.15, -0.1) is 0 Å². The lowest BCUT2D eigenvalue weighted by atomic mass is 10.3. The fourth-order valence-corrected chi connectivity index (χ4v) is 3.34. The van der Waals surface area contributed by atoms with Gasteiger partial charge in [0.1, 0.15) is 36.6 Å². The number of aryl methyl sites for hydroxylation is 1. The minimum Gasteiger partial charge on any atom is -0.494 e. The Morgan fingerprint density at radius 3 is 3.04 bits per heavy atom. The predicted octanol–water partition coefficient (Wildman–Crippen LogP) is 2.76. The summed E-state index contributed by atoms with van der Waals surface area (Å²) in [7, 11) is 0. The third-order valence-electron chi connectivity index (χ3n) is 3.49. The van der Waals surface area contributed by atoms with Crippen molar-refractivity contribution in [2.75, 3.05) is 18.5 Å². The molecule has 128 valence electrons. The highest BCUT2D eigenvalue weighted by Gasteiger charge is 2.20. The maximum Gasteiger partial charge on any atom is 0.295 e. The van der Waals surface area contributed by atoms with Crippen LogP contribution in [0.1, 0.15) is 5.69 Å². The summed E-state index contributed by atoms with van der Waals surface area (Å²) in [6, 6.07) is 6.47. The van der Waals surface area contributed by atoms with Crippen molar-refractivity contribution in [3.63, 3.8) is 0 Å². The SMILES string of the molecule is Cc1cc(NC(=O)C2=COCCO2)n(-c2nc3c(F)cccc3s2)n1. The molecule has 25 heavy (non-hydrogen) atoms. The number of thiazole rings is 1. The van der Waals surface area contributed by atoms with Gasteiger partial charge in [-0.3, -0.25) is 4.79 Å². The first-order valence-electron chi connectivity index (χ1n) is 7.50. The molecule has 0 unspecified atom stereocenters. The lowest BCUT2D eigenvalue weighted by molar-refractivity contribution is -0.117. The first kappa shape index (κ1) is 15.6. The number of amides is 1. The number of halogens is 1. The Morgan fingerprint density at radius 1 is 1.40 bits per heavy atom. The fraction of sp³-hybridized carbons (Fsp3) is 0.188. The lowest BCUT2D eigenvalue weighted by Crippen LogP contribution is -2.22. The van der Waals surface area contributed by atoms with E-state index in [9.17, 15) is 9.18 Å². The Hall–Kier alpha value is -2.94. The van der Waals surface area contributed by atoms with E-state index in [0.717, 1.165) is 0 Å². The summed E-state index contributed by atoms with van der Waals surface area (Å²) in [5, 5.41) is 7.52. The molecular weight excluding hydrogens is 347 g/mol. The number of hydrogen-bond donors (Lipinski definition) is 1. The van der Waals surface area contributed by atoms with Crippen LogP contribution in [0.15, 0.2) is 36.3 Å². The number of rotatable bonds is 3. The minimum atomic E-state index is -0.451. The van der Waals surface area contributed by atoms with E-state index >= 15 is 0 Å². The Kier molecular flexibility index (Phi) is 3.85. The van der Waals surface area contributed by atoms with Crippen LogP contribution in [0.4, 0.5) is 10.2 Å². The number of anilines is 1. The molecule has 3 heterocycles. The second-order valence-electron chi connectivity index (χ2n) is 5.32. The molecule has 0 fully saturated rings. The molecule has 0 atom stereocenters. The smallest absolute Gasteiger partial charge is 0.295 e. The Bertz CT molecular complexity index is 995. The number of carbonyl (C=O) groups excluding carboxylic acids is 1.